The molecule has 5 heteroatoms. The van der Waals surface area contributed by atoms with Gasteiger partial charge in [0, 0.05) is 11.9 Å². The smallest absolute Gasteiger partial charge is 0.179 e. The number of halogens is 2. The highest BCUT2D eigenvalue weighted by atomic mass is 79.9. The molecule has 0 radical (unpaired) electrons. The number of hydrogen-bond acceptors (Lipinski definition) is 3. The van der Waals surface area contributed by atoms with E-state index in [-0.39, 0.29) is 0 Å². The van der Waals surface area contributed by atoms with Crippen LogP contribution in [0.25, 0.3) is 0 Å². The van der Waals surface area contributed by atoms with Gasteiger partial charge in [0.25, 0.3) is 0 Å². The first-order valence-corrected chi connectivity index (χ1v) is 7.85. The highest BCUT2D eigenvalue weighted by Crippen LogP contribution is 2.36. The number of unbranched alkanes of at least 4 members (excludes halogenated alkanes) is 1. The van der Waals surface area contributed by atoms with E-state index in [9.17, 15) is 0 Å². The maximum Gasteiger partial charge on any atom is 0.179 e. The van der Waals surface area contributed by atoms with Crippen LogP contribution in [-0.2, 0) is 10.1 Å². The van der Waals surface area contributed by atoms with Crippen molar-refractivity contribution in [2.75, 3.05) is 26.9 Å². The molecule has 0 saturated heterocycles. The molecule has 0 aromatic heterocycles. The zero-order valence-corrected chi connectivity index (χ0v) is 13.7. The van der Waals surface area contributed by atoms with Crippen molar-refractivity contribution in [3.8, 4) is 11.5 Å². The fraction of sp³-hybridized carbons (Fsp3) is 0.571. The van der Waals surface area contributed by atoms with Crippen molar-refractivity contribution in [1.82, 2.24) is 0 Å². The van der Waals surface area contributed by atoms with Gasteiger partial charge < -0.3 is 14.2 Å². The number of hydrogen-bond donors (Lipinski definition) is 0. The summed E-state index contributed by atoms with van der Waals surface area (Å²) in [6, 6.07) is 3.78. The van der Waals surface area contributed by atoms with Crippen LogP contribution in [0.4, 0.5) is 0 Å². The third-order valence-electron chi connectivity index (χ3n) is 2.56. The molecule has 0 saturated carbocycles. The highest BCUT2D eigenvalue weighted by Gasteiger charge is 2.11. The quantitative estimate of drug-likeness (QED) is 0.486. The van der Waals surface area contributed by atoms with Crippen molar-refractivity contribution in [3.63, 3.8) is 0 Å². The zero-order valence-electron chi connectivity index (χ0n) is 11.4. The normalized spacial score (nSPS) is 10.5. The maximum absolute atomic E-state index is 6.19. The van der Waals surface area contributed by atoms with E-state index in [1.165, 1.54) is 0 Å². The second-order valence-electron chi connectivity index (χ2n) is 4.06. The largest absolute Gasteiger partial charge is 0.493 e. The van der Waals surface area contributed by atoms with Crippen LogP contribution in [-0.4, -0.2) is 26.9 Å². The van der Waals surface area contributed by atoms with Gasteiger partial charge in [-0.2, -0.15) is 0 Å². The summed E-state index contributed by atoms with van der Waals surface area (Å²) in [6.45, 7) is 3.93. The molecule has 0 atom stereocenters. The van der Waals surface area contributed by atoms with Gasteiger partial charge in [0.2, 0.25) is 0 Å². The van der Waals surface area contributed by atoms with E-state index in [2.05, 4.69) is 22.9 Å². The Morgan fingerprint density at radius 1 is 1.21 bits per heavy atom. The first kappa shape index (κ1) is 16.6. The van der Waals surface area contributed by atoms with Gasteiger partial charge >= 0.3 is 0 Å². The SMILES string of the molecule is CCCCOCCOc1c(Cl)cc(CBr)cc1OC. The third kappa shape index (κ3) is 5.59. The van der Waals surface area contributed by atoms with Gasteiger partial charge in [-0.15, -0.1) is 0 Å². The number of ether oxygens (including phenoxy) is 3. The Morgan fingerprint density at radius 2 is 2.00 bits per heavy atom. The molecule has 0 heterocycles. The van der Waals surface area contributed by atoms with Crippen molar-refractivity contribution in [1.29, 1.82) is 0 Å². The van der Waals surface area contributed by atoms with Gasteiger partial charge in [0.05, 0.1) is 18.7 Å². The van der Waals surface area contributed by atoms with Crippen LogP contribution >= 0.6 is 27.5 Å². The number of rotatable bonds is 9. The molecule has 1 aromatic carbocycles. The van der Waals surface area contributed by atoms with Crippen LogP contribution in [0.3, 0.4) is 0 Å². The topological polar surface area (TPSA) is 27.7 Å². The Hall–Kier alpha value is -0.450. The minimum atomic E-state index is 0.466. The summed E-state index contributed by atoms with van der Waals surface area (Å²) in [4.78, 5) is 0. The molecule has 0 unspecified atom stereocenters. The first-order chi connectivity index (χ1) is 9.22. The fourth-order valence-corrected chi connectivity index (χ4v) is 2.15. The second kappa shape index (κ2) is 9.45. The van der Waals surface area contributed by atoms with Crippen molar-refractivity contribution in [3.05, 3.63) is 22.7 Å². The molecule has 0 N–H and O–H groups in total. The molecular formula is C14H20BrClO3. The van der Waals surface area contributed by atoms with Gasteiger partial charge in [-0.05, 0) is 24.1 Å². The lowest BCUT2D eigenvalue weighted by Crippen LogP contribution is -2.08. The summed E-state index contributed by atoms with van der Waals surface area (Å²) < 4.78 is 16.4. The predicted octanol–water partition coefficient (Wildman–Crippen LogP) is 4.44. The molecule has 0 aliphatic carbocycles. The van der Waals surface area contributed by atoms with Gasteiger partial charge in [-0.25, -0.2) is 0 Å². The summed E-state index contributed by atoms with van der Waals surface area (Å²) in [5, 5.41) is 1.28. The minimum Gasteiger partial charge on any atom is -0.493 e. The molecule has 1 rings (SSSR count). The molecule has 1 aromatic rings. The molecule has 0 bridgehead atoms. The van der Waals surface area contributed by atoms with Crippen molar-refractivity contribution < 1.29 is 14.2 Å². The van der Waals surface area contributed by atoms with E-state index < -0.39 is 0 Å². The standard InChI is InChI=1S/C14H20BrClO3/c1-3-4-5-18-6-7-19-14-12(16)8-11(10-15)9-13(14)17-2/h8-9H,3-7,10H2,1-2H3. The van der Waals surface area contributed by atoms with Crippen LogP contribution in [0.2, 0.25) is 5.02 Å². The van der Waals surface area contributed by atoms with Crippen molar-refractivity contribution in [2.24, 2.45) is 0 Å². The van der Waals surface area contributed by atoms with E-state index in [4.69, 9.17) is 25.8 Å². The van der Waals surface area contributed by atoms with E-state index in [1.54, 1.807) is 7.11 Å². The Bertz CT molecular complexity index is 385. The van der Waals surface area contributed by atoms with Gasteiger partial charge in [0.1, 0.15) is 6.61 Å². The Kier molecular flexibility index (Phi) is 8.26. The Balaban J connectivity index is 2.52. The monoisotopic (exact) mass is 350 g/mol. The molecule has 0 aliphatic heterocycles. The fourth-order valence-electron chi connectivity index (χ4n) is 1.54. The van der Waals surface area contributed by atoms with Crippen molar-refractivity contribution in [2.45, 2.75) is 25.1 Å². The second-order valence-corrected chi connectivity index (χ2v) is 5.02. The predicted molar refractivity (Wildman–Crippen MR) is 81.9 cm³/mol. The van der Waals surface area contributed by atoms with E-state index in [0.717, 1.165) is 30.3 Å². The van der Waals surface area contributed by atoms with Gasteiger partial charge in [-0.3, -0.25) is 0 Å². The summed E-state index contributed by atoms with van der Waals surface area (Å²) in [5.41, 5.74) is 1.05. The summed E-state index contributed by atoms with van der Waals surface area (Å²) in [6.07, 6.45) is 2.21. The van der Waals surface area contributed by atoms with E-state index in [1.807, 2.05) is 12.1 Å². The van der Waals surface area contributed by atoms with Crippen LogP contribution in [0.15, 0.2) is 12.1 Å². The Labute approximate surface area is 128 Å². The molecular weight excluding hydrogens is 332 g/mol. The van der Waals surface area contributed by atoms with E-state index in [0.29, 0.717) is 29.7 Å². The molecule has 19 heavy (non-hydrogen) atoms. The Morgan fingerprint density at radius 3 is 2.63 bits per heavy atom. The lowest BCUT2D eigenvalue weighted by molar-refractivity contribution is 0.0970. The summed E-state index contributed by atoms with van der Waals surface area (Å²) in [5.74, 6) is 1.23. The molecule has 0 spiro atoms. The third-order valence-corrected chi connectivity index (χ3v) is 3.49. The average molecular weight is 352 g/mol. The van der Waals surface area contributed by atoms with Gasteiger partial charge in [0.15, 0.2) is 11.5 Å². The minimum absolute atomic E-state index is 0.466. The van der Waals surface area contributed by atoms with Crippen LogP contribution in [0.1, 0.15) is 25.3 Å². The summed E-state index contributed by atoms with van der Waals surface area (Å²) in [7, 11) is 1.61. The average Bonchev–Trinajstić information content (AvgIpc) is 2.43. The molecule has 0 fully saturated rings. The van der Waals surface area contributed by atoms with Crippen LogP contribution < -0.4 is 9.47 Å². The molecule has 0 amide bonds. The lowest BCUT2D eigenvalue weighted by Gasteiger charge is -2.13. The molecule has 0 aliphatic rings. The first-order valence-electron chi connectivity index (χ1n) is 6.35. The highest BCUT2D eigenvalue weighted by molar-refractivity contribution is 9.08. The maximum atomic E-state index is 6.19. The van der Waals surface area contributed by atoms with Crippen LogP contribution in [0, 0.1) is 0 Å². The number of benzene rings is 1. The van der Waals surface area contributed by atoms with E-state index >= 15 is 0 Å². The van der Waals surface area contributed by atoms with Crippen molar-refractivity contribution >= 4 is 27.5 Å². The van der Waals surface area contributed by atoms with Gasteiger partial charge in [-0.1, -0.05) is 40.9 Å². The molecule has 108 valence electrons. The zero-order chi connectivity index (χ0) is 14.1. The lowest BCUT2D eigenvalue weighted by atomic mass is 10.2. The summed E-state index contributed by atoms with van der Waals surface area (Å²) >= 11 is 9.58. The molecule has 3 nitrogen and oxygen atoms in total. The number of alkyl halides is 1. The number of methoxy groups -OCH3 is 1. The van der Waals surface area contributed by atoms with Crippen LogP contribution in [0.5, 0.6) is 11.5 Å².